The molecule has 9 nitrogen and oxygen atoms in total. The molecular formula is C22H23N5O4. The van der Waals surface area contributed by atoms with Gasteiger partial charge in [-0.2, -0.15) is 0 Å². The third-order valence-electron chi connectivity index (χ3n) is 5.61. The lowest BCUT2D eigenvalue weighted by Gasteiger charge is -2.18. The summed E-state index contributed by atoms with van der Waals surface area (Å²) in [4.78, 5) is 12.4. The van der Waals surface area contributed by atoms with Gasteiger partial charge >= 0.3 is 6.03 Å². The van der Waals surface area contributed by atoms with Gasteiger partial charge in [-0.15, -0.1) is 5.10 Å². The molecule has 2 aromatic carbocycles. The second-order valence-electron chi connectivity index (χ2n) is 7.55. The zero-order valence-corrected chi connectivity index (χ0v) is 17.0. The van der Waals surface area contributed by atoms with Crippen LogP contribution in [0.5, 0.6) is 5.75 Å². The zero-order valence-electron chi connectivity index (χ0n) is 17.0. The van der Waals surface area contributed by atoms with Crippen molar-refractivity contribution in [1.82, 2.24) is 20.3 Å². The minimum absolute atomic E-state index is 0.0913. The largest absolute Gasteiger partial charge is 0.497 e. The summed E-state index contributed by atoms with van der Waals surface area (Å²) in [6.07, 6.45) is 1.47. The van der Waals surface area contributed by atoms with E-state index in [4.69, 9.17) is 14.2 Å². The molecule has 0 unspecified atom stereocenters. The number of rotatable bonds is 5. The fraction of sp³-hybridized carbons (Fsp3) is 0.318. The lowest BCUT2D eigenvalue weighted by atomic mass is 10.1. The molecule has 160 valence electrons. The molecule has 0 spiro atoms. The van der Waals surface area contributed by atoms with Crippen LogP contribution in [0.25, 0.3) is 11.3 Å². The number of aromatic nitrogens is 3. The molecule has 0 bridgehead atoms. The Morgan fingerprint density at radius 3 is 2.61 bits per heavy atom. The SMILES string of the molecule is COc1ccc(NC(=O)N[C@@H]2CO[C@@H]3[C@@H]2OC[C@@H]3n2cc(-c3ccccc3)nn2)cc1. The average molecular weight is 421 g/mol. The van der Waals surface area contributed by atoms with E-state index in [-0.39, 0.29) is 30.3 Å². The van der Waals surface area contributed by atoms with E-state index in [0.29, 0.717) is 18.9 Å². The maximum Gasteiger partial charge on any atom is 0.319 e. The summed E-state index contributed by atoms with van der Waals surface area (Å²) in [6.45, 7) is 0.827. The van der Waals surface area contributed by atoms with Gasteiger partial charge in [0.15, 0.2) is 0 Å². The number of hydrogen-bond acceptors (Lipinski definition) is 6. The van der Waals surface area contributed by atoms with Crippen LogP contribution >= 0.6 is 0 Å². The smallest absolute Gasteiger partial charge is 0.319 e. The molecule has 2 aliphatic rings. The van der Waals surface area contributed by atoms with Crippen molar-refractivity contribution < 1.29 is 19.0 Å². The number of fused-ring (bicyclic) bond motifs is 1. The Labute approximate surface area is 179 Å². The number of amides is 2. The van der Waals surface area contributed by atoms with E-state index in [0.717, 1.165) is 17.0 Å². The fourth-order valence-electron chi connectivity index (χ4n) is 4.02. The predicted molar refractivity (Wildman–Crippen MR) is 113 cm³/mol. The summed E-state index contributed by atoms with van der Waals surface area (Å²) < 4.78 is 18.9. The Bertz CT molecular complexity index is 1040. The van der Waals surface area contributed by atoms with Gasteiger partial charge in [-0.1, -0.05) is 35.5 Å². The van der Waals surface area contributed by atoms with Crippen LogP contribution in [0.2, 0.25) is 0 Å². The van der Waals surface area contributed by atoms with E-state index >= 15 is 0 Å². The highest BCUT2D eigenvalue weighted by Gasteiger charge is 2.49. The van der Waals surface area contributed by atoms with Crippen LogP contribution in [0.1, 0.15) is 6.04 Å². The van der Waals surface area contributed by atoms with Crippen molar-refractivity contribution in [1.29, 1.82) is 0 Å². The van der Waals surface area contributed by atoms with E-state index in [1.54, 1.807) is 36.1 Å². The number of nitrogens with zero attached hydrogens (tertiary/aromatic N) is 3. The van der Waals surface area contributed by atoms with E-state index in [9.17, 15) is 4.79 Å². The summed E-state index contributed by atoms with van der Waals surface area (Å²) in [7, 11) is 1.60. The van der Waals surface area contributed by atoms with Gasteiger partial charge in [0, 0.05) is 11.3 Å². The Morgan fingerprint density at radius 1 is 1.06 bits per heavy atom. The van der Waals surface area contributed by atoms with Gasteiger partial charge in [-0.3, -0.25) is 0 Å². The monoisotopic (exact) mass is 421 g/mol. The molecular weight excluding hydrogens is 398 g/mol. The third kappa shape index (κ3) is 3.97. The molecule has 31 heavy (non-hydrogen) atoms. The first-order chi connectivity index (χ1) is 15.2. The van der Waals surface area contributed by atoms with Crippen molar-refractivity contribution in [2.75, 3.05) is 25.6 Å². The maximum absolute atomic E-state index is 12.4. The molecule has 2 saturated heterocycles. The highest BCUT2D eigenvalue weighted by molar-refractivity contribution is 5.89. The van der Waals surface area contributed by atoms with Gasteiger partial charge < -0.3 is 24.8 Å². The van der Waals surface area contributed by atoms with Crippen LogP contribution in [0.4, 0.5) is 10.5 Å². The predicted octanol–water partition coefficient (Wildman–Crippen LogP) is 2.48. The summed E-state index contributed by atoms with van der Waals surface area (Å²) in [5.74, 6) is 0.729. The normalized spacial score (nSPS) is 24.5. The van der Waals surface area contributed by atoms with E-state index in [1.807, 2.05) is 36.5 Å². The molecule has 0 aliphatic carbocycles. The Balaban J connectivity index is 1.21. The Morgan fingerprint density at radius 2 is 1.84 bits per heavy atom. The van der Waals surface area contributed by atoms with Crippen molar-refractivity contribution in [3.8, 4) is 17.0 Å². The fourth-order valence-corrected chi connectivity index (χ4v) is 4.02. The zero-order chi connectivity index (χ0) is 21.2. The third-order valence-corrected chi connectivity index (χ3v) is 5.61. The van der Waals surface area contributed by atoms with Crippen LogP contribution < -0.4 is 15.4 Å². The maximum atomic E-state index is 12.4. The first kappa shape index (κ1) is 19.5. The standard InChI is InChI=1S/C22H23N5O4/c1-29-16-9-7-15(8-10-16)23-22(28)24-18-12-30-21-19(13-31-20(18)21)27-11-17(25-26-27)14-5-3-2-4-6-14/h2-11,18-21H,12-13H2,1H3,(H2,23,24,28)/t18-,19+,20-,21+/m1/s1. The molecule has 2 amide bonds. The minimum Gasteiger partial charge on any atom is -0.497 e. The second-order valence-corrected chi connectivity index (χ2v) is 7.55. The number of urea groups is 1. The molecule has 1 aromatic heterocycles. The quantitative estimate of drug-likeness (QED) is 0.657. The van der Waals surface area contributed by atoms with Crippen LogP contribution in [-0.4, -0.2) is 59.6 Å². The number of anilines is 1. The topological polar surface area (TPSA) is 99.5 Å². The summed E-state index contributed by atoms with van der Waals surface area (Å²) in [6, 6.07) is 16.4. The highest BCUT2D eigenvalue weighted by Crippen LogP contribution is 2.34. The van der Waals surface area contributed by atoms with E-state index in [2.05, 4.69) is 20.9 Å². The van der Waals surface area contributed by atoms with Crippen molar-refractivity contribution >= 4 is 11.7 Å². The number of ether oxygens (including phenoxy) is 3. The number of nitrogens with one attached hydrogen (secondary N) is 2. The van der Waals surface area contributed by atoms with Crippen LogP contribution in [0.3, 0.4) is 0 Å². The molecule has 4 atom stereocenters. The highest BCUT2D eigenvalue weighted by atomic mass is 16.6. The van der Waals surface area contributed by atoms with Crippen LogP contribution in [0.15, 0.2) is 60.8 Å². The van der Waals surface area contributed by atoms with E-state index in [1.165, 1.54) is 0 Å². The number of benzene rings is 2. The first-order valence-electron chi connectivity index (χ1n) is 10.1. The first-order valence-corrected chi connectivity index (χ1v) is 10.1. The molecule has 0 saturated carbocycles. The van der Waals surface area contributed by atoms with Crippen LogP contribution in [-0.2, 0) is 9.47 Å². The average Bonchev–Trinajstić information content (AvgIpc) is 3.52. The molecule has 5 rings (SSSR count). The Kier molecular flexibility index (Phi) is 5.27. The van der Waals surface area contributed by atoms with Crippen molar-refractivity contribution in [3.05, 3.63) is 60.8 Å². The van der Waals surface area contributed by atoms with Crippen molar-refractivity contribution in [2.45, 2.75) is 24.3 Å². The van der Waals surface area contributed by atoms with Gasteiger partial charge in [0.1, 0.15) is 29.7 Å². The summed E-state index contributed by atoms with van der Waals surface area (Å²) in [5.41, 5.74) is 2.48. The van der Waals surface area contributed by atoms with Crippen LogP contribution in [0, 0.1) is 0 Å². The molecule has 0 radical (unpaired) electrons. The molecule has 3 aromatic rings. The summed E-state index contributed by atoms with van der Waals surface area (Å²) in [5, 5.41) is 14.3. The van der Waals surface area contributed by atoms with Gasteiger partial charge in [0.25, 0.3) is 0 Å². The van der Waals surface area contributed by atoms with Crippen molar-refractivity contribution in [2.24, 2.45) is 0 Å². The number of hydrogen-bond donors (Lipinski definition) is 2. The Hall–Kier alpha value is -3.43. The minimum atomic E-state index is -0.307. The van der Waals surface area contributed by atoms with Crippen molar-refractivity contribution in [3.63, 3.8) is 0 Å². The van der Waals surface area contributed by atoms with E-state index < -0.39 is 0 Å². The summed E-state index contributed by atoms with van der Waals surface area (Å²) >= 11 is 0. The van der Waals surface area contributed by atoms with Gasteiger partial charge in [0.05, 0.1) is 32.6 Å². The van der Waals surface area contributed by atoms with Gasteiger partial charge in [-0.05, 0) is 24.3 Å². The van der Waals surface area contributed by atoms with Gasteiger partial charge in [0.2, 0.25) is 0 Å². The number of carbonyl (C=O) groups is 1. The lowest BCUT2D eigenvalue weighted by Crippen LogP contribution is -2.45. The molecule has 2 aliphatic heterocycles. The molecule has 9 heteroatoms. The number of carbonyl (C=O) groups excluding carboxylic acids is 1. The lowest BCUT2D eigenvalue weighted by molar-refractivity contribution is 0.0622. The molecule has 2 fully saturated rings. The second kappa shape index (κ2) is 8.37. The number of methoxy groups -OCH3 is 1. The van der Waals surface area contributed by atoms with Gasteiger partial charge in [-0.25, -0.2) is 9.48 Å². The molecule has 3 heterocycles. The molecule has 2 N–H and O–H groups in total.